The van der Waals surface area contributed by atoms with Crippen LogP contribution in [0.4, 0.5) is 0 Å². The minimum absolute atomic E-state index is 0.274. The molecule has 3 aromatic rings. The van der Waals surface area contributed by atoms with Gasteiger partial charge in [-0.25, -0.2) is 0 Å². The molecule has 1 fully saturated rings. The van der Waals surface area contributed by atoms with Crippen LogP contribution >= 0.6 is 11.8 Å². The van der Waals surface area contributed by atoms with Gasteiger partial charge >= 0.3 is 0 Å². The average molecular weight is 378 g/mol. The first-order valence-electron chi connectivity index (χ1n) is 8.91. The number of rotatable bonds is 5. The van der Waals surface area contributed by atoms with Crippen molar-refractivity contribution in [1.82, 2.24) is 0 Å². The summed E-state index contributed by atoms with van der Waals surface area (Å²) in [6.07, 6.45) is 0. The number of ether oxygens (including phenoxy) is 3. The van der Waals surface area contributed by atoms with Gasteiger partial charge in [0, 0.05) is 0 Å². The first-order chi connectivity index (χ1) is 13.2. The Morgan fingerprint density at radius 3 is 1.78 bits per heavy atom. The maximum atomic E-state index is 6.51. The first-order valence-corrected chi connectivity index (χ1v) is 9.79. The van der Waals surface area contributed by atoms with Crippen LogP contribution in [0.15, 0.2) is 78.9 Å². The maximum absolute atomic E-state index is 6.51. The van der Waals surface area contributed by atoms with E-state index in [1.54, 1.807) is 14.2 Å². The summed E-state index contributed by atoms with van der Waals surface area (Å²) in [6, 6.07) is 26.8. The van der Waals surface area contributed by atoms with Gasteiger partial charge in [-0.2, -0.15) is 0 Å². The molecule has 138 valence electrons. The zero-order valence-electron chi connectivity index (χ0n) is 15.4. The third-order valence-corrected chi connectivity index (χ3v) is 6.47. The highest BCUT2D eigenvalue weighted by molar-refractivity contribution is 8.00. The average Bonchev–Trinajstić information content (AvgIpc) is 3.21. The lowest BCUT2D eigenvalue weighted by Crippen LogP contribution is -2.23. The summed E-state index contributed by atoms with van der Waals surface area (Å²) in [6.45, 7) is 0.659. The standard InChI is InChI=1S/C23H22O3S/c1-24-20-12-8-18(9-13-20)23(19-10-14-21(25-2)15-11-19)26-16-22(27-23)17-6-4-3-5-7-17/h3-15,22H,16H2,1-2H3/t22-/m1/s1. The van der Waals surface area contributed by atoms with Crippen LogP contribution < -0.4 is 9.47 Å². The van der Waals surface area contributed by atoms with Crippen LogP contribution in [0.25, 0.3) is 0 Å². The van der Waals surface area contributed by atoms with Crippen molar-refractivity contribution in [3.63, 3.8) is 0 Å². The summed E-state index contributed by atoms with van der Waals surface area (Å²) in [5.41, 5.74) is 3.50. The van der Waals surface area contributed by atoms with Gasteiger partial charge in [-0.1, -0.05) is 54.6 Å². The van der Waals surface area contributed by atoms with Crippen LogP contribution in [0.5, 0.6) is 11.5 Å². The molecule has 3 aromatic carbocycles. The van der Waals surface area contributed by atoms with Crippen molar-refractivity contribution in [3.8, 4) is 11.5 Å². The van der Waals surface area contributed by atoms with Crippen LogP contribution in [0.3, 0.4) is 0 Å². The van der Waals surface area contributed by atoms with E-state index in [0.29, 0.717) is 6.61 Å². The molecule has 0 saturated carbocycles. The monoisotopic (exact) mass is 378 g/mol. The van der Waals surface area contributed by atoms with Crippen LogP contribution in [0.2, 0.25) is 0 Å². The second-order valence-corrected chi connectivity index (χ2v) is 7.78. The van der Waals surface area contributed by atoms with Crippen LogP contribution in [0.1, 0.15) is 21.9 Å². The summed E-state index contributed by atoms with van der Waals surface area (Å²) in [5.74, 6) is 1.68. The van der Waals surface area contributed by atoms with Gasteiger partial charge in [0.05, 0.1) is 26.1 Å². The van der Waals surface area contributed by atoms with E-state index in [0.717, 1.165) is 22.6 Å². The molecular weight excluding hydrogens is 356 g/mol. The third kappa shape index (κ3) is 3.43. The Hall–Kier alpha value is -2.43. The van der Waals surface area contributed by atoms with Gasteiger partial charge in [-0.3, -0.25) is 0 Å². The lowest BCUT2D eigenvalue weighted by Gasteiger charge is -2.29. The van der Waals surface area contributed by atoms with Gasteiger partial charge in [0.15, 0.2) is 4.93 Å². The Kier molecular flexibility index (Phi) is 5.10. The van der Waals surface area contributed by atoms with Gasteiger partial charge in [-0.05, 0) is 41.0 Å². The van der Waals surface area contributed by atoms with Gasteiger partial charge in [0.25, 0.3) is 0 Å². The molecule has 0 N–H and O–H groups in total. The van der Waals surface area contributed by atoms with Crippen molar-refractivity contribution >= 4 is 11.8 Å². The topological polar surface area (TPSA) is 27.7 Å². The smallest absolute Gasteiger partial charge is 0.165 e. The number of hydrogen-bond donors (Lipinski definition) is 0. The molecule has 0 aliphatic carbocycles. The van der Waals surface area contributed by atoms with E-state index in [2.05, 4.69) is 48.5 Å². The molecule has 1 saturated heterocycles. The minimum atomic E-state index is -0.556. The van der Waals surface area contributed by atoms with Crippen LogP contribution in [0, 0.1) is 0 Å². The fraction of sp³-hybridized carbons (Fsp3) is 0.217. The molecule has 0 bridgehead atoms. The Bertz CT molecular complexity index is 828. The second-order valence-electron chi connectivity index (χ2n) is 6.40. The quantitative estimate of drug-likeness (QED) is 0.593. The molecule has 1 heterocycles. The largest absolute Gasteiger partial charge is 0.497 e. The van der Waals surface area contributed by atoms with E-state index in [-0.39, 0.29) is 5.25 Å². The van der Waals surface area contributed by atoms with Crippen molar-refractivity contribution in [1.29, 1.82) is 0 Å². The molecule has 27 heavy (non-hydrogen) atoms. The highest BCUT2D eigenvalue weighted by atomic mass is 32.2. The van der Waals surface area contributed by atoms with Crippen molar-refractivity contribution in [2.45, 2.75) is 10.2 Å². The first kappa shape index (κ1) is 18.0. The van der Waals surface area contributed by atoms with Gasteiger partial charge in [0.2, 0.25) is 0 Å². The number of hydrogen-bond acceptors (Lipinski definition) is 4. The van der Waals surface area contributed by atoms with Crippen LogP contribution in [-0.4, -0.2) is 20.8 Å². The molecule has 4 rings (SSSR count). The zero-order valence-corrected chi connectivity index (χ0v) is 16.2. The lowest BCUT2D eigenvalue weighted by molar-refractivity contribution is 0.0732. The van der Waals surface area contributed by atoms with E-state index in [1.807, 2.05) is 42.1 Å². The maximum Gasteiger partial charge on any atom is 0.165 e. The van der Waals surface area contributed by atoms with E-state index < -0.39 is 4.93 Å². The van der Waals surface area contributed by atoms with Crippen LogP contribution in [-0.2, 0) is 9.67 Å². The summed E-state index contributed by atoms with van der Waals surface area (Å²) in [7, 11) is 3.36. The van der Waals surface area contributed by atoms with E-state index in [1.165, 1.54) is 5.56 Å². The lowest BCUT2D eigenvalue weighted by atomic mass is 10.00. The van der Waals surface area contributed by atoms with Crippen molar-refractivity contribution < 1.29 is 14.2 Å². The molecule has 1 aliphatic heterocycles. The molecule has 0 unspecified atom stereocenters. The van der Waals surface area contributed by atoms with Crippen molar-refractivity contribution in [2.24, 2.45) is 0 Å². The van der Waals surface area contributed by atoms with Crippen molar-refractivity contribution in [2.75, 3.05) is 20.8 Å². The highest BCUT2D eigenvalue weighted by Crippen LogP contribution is 2.56. The Balaban J connectivity index is 1.75. The van der Waals surface area contributed by atoms with E-state index in [4.69, 9.17) is 14.2 Å². The molecule has 1 aliphatic rings. The molecule has 4 heteroatoms. The second kappa shape index (κ2) is 7.67. The molecule has 1 atom stereocenters. The fourth-order valence-corrected chi connectivity index (χ4v) is 4.89. The minimum Gasteiger partial charge on any atom is -0.497 e. The molecule has 0 spiro atoms. The SMILES string of the molecule is COc1ccc(C2(c3ccc(OC)cc3)OC[C@H](c3ccccc3)S2)cc1. The molecular formula is C23H22O3S. The Morgan fingerprint density at radius 1 is 0.778 bits per heavy atom. The third-order valence-electron chi connectivity index (χ3n) is 4.86. The fourth-order valence-electron chi connectivity index (χ4n) is 3.38. The summed E-state index contributed by atoms with van der Waals surface area (Å²) >= 11 is 1.84. The number of benzene rings is 3. The summed E-state index contributed by atoms with van der Waals surface area (Å²) < 4.78 is 17.2. The zero-order chi connectivity index (χ0) is 18.7. The Labute approximate surface area is 164 Å². The van der Waals surface area contributed by atoms with E-state index in [9.17, 15) is 0 Å². The van der Waals surface area contributed by atoms with Gasteiger partial charge < -0.3 is 14.2 Å². The normalized spacial score (nSPS) is 18.2. The highest BCUT2D eigenvalue weighted by Gasteiger charge is 2.45. The van der Waals surface area contributed by atoms with Crippen molar-refractivity contribution in [3.05, 3.63) is 95.6 Å². The molecule has 0 radical (unpaired) electrons. The summed E-state index contributed by atoms with van der Waals surface area (Å²) in [4.78, 5) is -0.556. The predicted molar refractivity (Wildman–Crippen MR) is 109 cm³/mol. The molecule has 0 amide bonds. The number of thioether (sulfide) groups is 1. The molecule has 0 aromatic heterocycles. The predicted octanol–water partition coefficient (Wildman–Crippen LogP) is 5.41. The summed E-state index contributed by atoms with van der Waals surface area (Å²) in [5, 5.41) is 0.274. The Morgan fingerprint density at radius 2 is 1.30 bits per heavy atom. The van der Waals surface area contributed by atoms with Gasteiger partial charge in [-0.15, -0.1) is 11.8 Å². The number of methoxy groups -OCH3 is 2. The van der Waals surface area contributed by atoms with Gasteiger partial charge in [0.1, 0.15) is 11.5 Å². The van der Waals surface area contributed by atoms with E-state index >= 15 is 0 Å². The molecule has 3 nitrogen and oxygen atoms in total.